The summed E-state index contributed by atoms with van der Waals surface area (Å²) in [6.45, 7) is 2.85. The Morgan fingerprint density at radius 2 is 1.96 bits per heavy atom. The van der Waals surface area contributed by atoms with E-state index in [1.54, 1.807) is 37.3 Å². The van der Waals surface area contributed by atoms with Crippen LogP contribution in [0.5, 0.6) is 0 Å². The minimum atomic E-state index is -3.55. The molecule has 2 heterocycles. The van der Waals surface area contributed by atoms with Crippen LogP contribution in [0.25, 0.3) is 6.08 Å². The first kappa shape index (κ1) is 18.4. The van der Waals surface area contributed by atoms with Crippen molar-refractivity contribution in [2.24, 2.45) is 0 Å². The highest BCUT2D eigenvalue weighted by molar-refractivity contribution is 7.89. The highest BCUT2D eigenvalue weighted by atomic mass is 32.2. The van der Waals surface area contributed by atoms with Crippen molar-refractivity contribution in [3.05, 3.63) is 54.0 Å². The number of carbonyl (C=O) groups excluding carboxylic acids is 1. The van der Waals surface area contributed by atoms with Crippen molar-refractivity contribution in [1.82, 2.24) is 4.31 Å². The van der Waals surface area contributed by atoms with Crippen LogP contribution in [0.1, 0.15) is 30.6 Å². The van der Waals surface area contributed by atoms with E-state index in [0.29, 0.717) is 30.1 Å². The zero-order chi connectivity index (χ0) is 18.6. The van der Waals surface area contributed by atoms with Gasteiger partial charge in [0.1, 0.15) is 5.76 Å². The van der Waals surface area contributed by atoms with Crippen LogP contribution in [0.4, 0.5) is 5.69 Å². The number of amides is 1. The van der Waals surface area contributed by atoms with E-state index >= 15 is 0 Å². The second-order valence-electron chi connectivity index (χ2n) is 6.28. The topological polar surface area (TPSA) is 79.6 Å². The number of furan rings is 1. The van der Waals surface area contributed by atoms with E-state index in [2.05, 4.69) is 5.32 Å². The van der Waals surface area contributed by atoms with Crippen molar-refractivity contribution in [1.29, 1.82) is 0 Å². The third kappa shape index (κ3) is 4.23. The molecule has 3 rings (SSSR count). The van der Waals surface area contributed by atoms with Crippen LogP contribution in [0.2, 0.25) is 0 Å². The minimum absolute atomic E-state index is 0.243. The van der Waals surface area contributed by atoms with Crippen molar-refractivity contribution >= 4 is 27.7 Å². The lowest BCUT2D eigenvalue weighted by molar-refractivity contribution is -0.111. The fourth-order valence-electron chi connectivity index (χ4n) is 2.93. The number of nitrogens with one attached hydrogen (secondary N) is 1. The molecule has 1 fully saturated rings. The van der Waals surface area contributed by atoms with Gasteiger partial charge in [0.15, 0.2) is 0 Å². The lowest BCUT2D eigenvalue weighted by Gasteiger charge is -2.26. The molecule has 1 saturated heterocycles. The highest BCUT2D eigenvalue weighted by Gasteiger charge is 2.27. The number of nitrogens with zero attached hydrogens (tertiary/aromatic N) is 1. The molecular weight excluding hydrogens is 352 g/mol. The van der Waals surface area contributed by atoms with Crippen LogP contribution >= 0.6 is 0 Å². The average molecular weight is 374 g/mol. The van der Waals surface area contributed by atoms with Crippen LogP contribution in [0.15, 0.2) is 52.0 Å². The Morgan fingerprint density at radius 3 is 2.65 bits per heavy atom. The van der Waals surface area contributed by atoms with Gasteiger partial charge in [0.25, 0.3) is 0 Å². The van der Waals surface area contributed by atoms with E-state index < -0.39 is 10.0 Å². The van der Waals surface area contributed by atoms with E-state index in [0.717, 1.165) is 19.3 Å². The molecule has 0 spiro atoms. The summed E-state index contributed by atoms with van der Waals surface area (Å²) in [4.78, 5) is 12.3. The second kappa shape index (κ2) is 7.88. The number of piperidine rings is 1. The maximum Gasteiger partial charge on any atom is 0.248 e. The Hall–Kier alpha value is -2.38. The van der Waals surface area contributed by atoms with Gasteiger partial charge in [-0.25, -0.2) is 8.42 Å². The molecule has 0 unspecified atom stereocenters. The van der Waals surface area contributed by atoms with Crippen molar-refractivity contribution in [3.8, 4) is 0 Å². The molecule has 1 amide bonds. The first-order valence-corrected chi connectivity index (χ1v) is 10.0. The third-order valence-electron chi connectivity index (χ3n) is 4.33. The summed E-state index contributed by atoms with van der Waals surface area (Å²) in [5.74, 6) is 0.212. The normalized spacial score (nSPS) is 16.0. The van der Waals surface area contributed by atoms with Gasteiger partial charge >= 0.3 is 0 Å². The van der Waals surface area contributed by atoms with Gasteiger partial charge in [-0.2, -0.15) is 4.31 Å². The van der Waals surface area contributed by atoms with Gasteiger partial charge in [-0.1, -0.05) is 12.5 Å². The van der Waals surface area contributed by atoms with Gasteiger partial charge in [0.05, 0.1) is 11.2 Å². The number of hydrogen-bond donors (Lipinski definition) is 1. The van der Waals surface area contributed by atoms with Gasteiger partial charge in [-0.05, 0) is 55.7 Å². The Morgan fingerprint density at radius 1 is 1.19 bits per heavy atom. The van der Waals surface area contributed by atoms with E-state index in [1.807, 2.05) is 0 Å². The second-order valence-corrected chi connectivity index (χ2v) is 8.19. The smallest absolute Gasteiger partial charge is 0.248 e. The number of hydrogen-bond acceptors (Lipinski definition) is 4. The number of benzene rings is 1. The maximum atomic E-state index is 12.9. The van der Waals surface area contributed by atoms with Crippen LogP contribution in [-0.2, 0) is 14.8 Å². The first-order valence-electron chi connectivity index (χ1n) is 8.60. The monoisotopic (exact) mass is 374 g/mol. The predicted octanol–water partition coefficient (Wildman–Crippen LogP) is 3.41. The molecule has 0 atom stereocenters. The molecule has 6 nitrogen and oxygen atoms in total. The molecule has 0 saturated carbocycles. The van der Waals surface area contributed by atoms with Crippen LogP contribution in [0, 0.1) is 6.92 Å². The first-order chi connectivity index (χ1) is 12.5. The molecule has 0 radical (unpaired) electrons. The summed E-state index contributed by atoms with van der Waals surface area (Å²) >= 11 is 0. The molecule has 1 aliphatic heterocycles. The summed E-state index contributed by atoms with van der Waals surface area (Å²) in [5.41, 5.74) is 1.11. The lowest BCUT2D eigenvalue weighted by atomic mass is 10.2. The third-order valence-corrected chi connectivity index (χ3v) is 6.37. The minimum Gasteiger partial charge on any atom is -0.465 e. The summed E-state index contributed by atoms with van der Waals surface area (Å²) in [6.07, 6.45) is 7.24. The summed E-state index contributed by atoms with van der Waals surface area (Å²) in [5, 5.41) is 2.70. The Balaban J connectivity index is 1.78. The number of sulfonamides is 1. The van der Waals surface area contributed by atoms with Crippen molar-refractivity contribution in [3.63, 3.8) is 0 Å². The number of aryl methyl sites for hydroxylation is 1. The van der Waals surface area contributed by atoms with Gasteiger partial charge < -0.3 is 9.73 Å². The van der Waals surface area contributed by atoms with Gasteiger partial charge in [0.2, 0.25) is 15.9 Å². The fraction of sp³-hybridized carbons (Fsp3) is 0.316. The van der Waals surface area contributed by atoms with Crippen molar-refractivity contribution in [2.45, 2.75) is 31.1 Å². The molecular formula is C19H22N2O4S. The van der Waals surface area contributed by atoms with Gasteiger partial charge in [0, 0.05) is 24.9 Å². The summed E-state index contributed by atoms with van der Waals surface area (Å²) in [6, 6.07) is 8.40. The molecule has 0 bridgehead atoms. The molecule has 138 valence electrons. The van der Waals surface area contributed by atoms with Crippen molar-refractivity contribution in [2.75, 3.05) is 18.4 Å². The largest absolute Gasteiger partial charge is 0.465 e. The summed E-state index contributed by atoms with van der Waals surface area (Å²) < 4.78 is 32.5. The molecule has 7 heteroatoms. The standard InChI is InChI=1S/C19H22N2O4S/c1-15-7-8-16(20-19(22)10-9-17-6-5-13-25-17)14-18(15)26(23,24)21-11-3-2-4-12-21/h5-10,13-14H,2-4,11-12H2,1H3,(H,20,22)/b10-9+. The Kier molecular flexibility index (Phi) is 5.58. The Labute approximate surface area is 153 Å². The van der Waals surface area contributed by atoms with Crippen LogP contribution < -0.4 is 5.32 Å². The Bertz CT molecular complexity index is 896. The number of anilines is 1. The molecule has 0 aliphatic carbocycles. The van der Waals surface area contributed by atoms with Crippen LogP contribution in [0.3, 0.4) is 0 Å². The van der Waals surface area contributed by atoms with Crippen LogP contribution in [-0.4, -0.2) is 31.7 Å². The zero-order valence-electron chi connectivity index (χ0n) is 14.6. The van der Waals surface area contributed by atoms with E-state index in [-0.39, 0.29) is 10.8 Å². The lowest BCUT2D eigenvalue weighted by Crippen LogP contribution is -2.36. The number of rotatable bonds is 5. The quantitative estimate of drug-likeness (QED) is 0.814. The van der Waals surface area contributed by atoms with Gasteiger partial charge in [-0.15, -0.1) is 0 Å². The highest BCUT2D eigenvalue weighted by Crippen LogP contribution is 2.26. The molecule has 1 N–H and O–H groups in total. The molecule has 2 aromatic rings. The zero-order valence-corrected chi connectivity index (χ0v) is 15.5. The molecule has 1 aliphatic rings. The van der Waals surface area contributed by atoms with E-state index in [4.69, 9.17) is 4.42 Å². The number of carbonyl (C=O) groups is 1. The maximum absolute atomic E-state index is 12.9. The SMILES string of the molecule is Cc1ccc(NC(=O)/C=C/c2ccco2)cc1S(=O)(=O)N1CCCCC1. The fourth-order valence-corrected chi connectivity index (χ4v) is 4.70. The van der Waals surface area contributed by atoms with E-state index in [1.165, 1.54) is 22.7 Å². The average Bonchev–Trinajstić information content (AvgIpc) is 3.16. The van der Waals surface area contributed by atoms with E-state index in [9.17, 15) is 13.2 Å². The van der Waals surface area contributed by atoms with Gasteiger partial charge in [-0.3, -0.25) is 4.79 Å². The predicted molar refractivity (Wildman–Crippen MR) is 100 cm³/mol. The molecule has 1 aromatic carbocycles. The van der Waals surface area contributed by atoms with Crippen molar-refractivity contribution < 1.29 is 17.6 Å². The summed E-state index contributed by atoms with van der Waals surface area (Å²) in [7, 11) is -3.55. The molecule has 1 aromatic heterocycles. The molecule has 26 heavy (non-hydrogen) atoms.